The maximum atomic E-state index is 13.1. The highest BCUT2D eigenvalue weighted by atomic mass is 19.4. The summed E-state index contributed by atoms with van der Waals surface area (Å²) >= 11 is 0. The number of carbonyl (C=O) groups excluding carboxylic acids is 1. The van der Waals surface area contributed by atoms with Crippen molar-refractivity contribution in [2.24, 2.45) is 0 Å². The minimum absolute atomic E-state index is 0.343. The second kappa shape index (κ2) is 9.51. The van der Waals surface area contributed by atoms with E-state index in [2.05, 4.69) is 10.6 Å². The van der Waals surface area contributed by atoms with Crippen molar-refractivity contribution < 1.29 is 27.4 Å². The molecular formula is C26H23F3N2O3. The van der Waals surface area contributed by atoms with Crippen LogP contribution in [0.1, 0.15) is 30.5 Å². The summed E-state index contributed by atoms with van der Waals surface area (Å²) in [4.78, 5) is 13.1. The van der Waals surface area contributed by atoms with Crippen molar-refractivity contribution in [3.8, 4) is 11.5 Å². The van der Waals surface area contributed by atoms with E-state index >= 15 is 0 Å². The first-order valence-electron chi connectivity index (χ1n) is 10.8. The molecule has 0 aromatic heterocycles. The smallest absolute Gasteiger partial charge is 0.416 e. The molecule has 1 amide bonds. The number of anilines is 2. The number of ether oxygens (including phenoxy) is 2. The number of hydrogen-bond acceptors (Lipinski definition) is 4. The average Bonchev–Trinajstić information content (AvgIpc) is 3.13. The summed E-state index contributed by atoms with van der Waals surface area (Å²) in [6, 6.07) is 17.3. The predicted octanol–water partition coefficient (Wildman–Crippen LogP) is 6.44. The molecule has 34 heavy (non-hydrogen) atoms. The summed E-state index contributed by atoms with van der Waals surface area (Å²) < 4.78 is 50.4. The molecule has 0 fully saturated rings. The van der Waals surface area contributed by atoms with E-state index in [0.717, 1.165) is 12.1 Å². The van der Waals surface area contributed by atoms with Crippen LogP contribution in [0.2, 0.25) is 0 Å². The molecule has 4 rings (SSSR count). The lowest BCUT2D eigenvalue weighted by Crippen LogP contribution is -2.10. The van der Waals surface area contributed by atoms with Crippen molar-refractivity contribution in [1.29, 1.82) is 0 Å². The molecule has 0 unspecified atom stereocenters. The van der Waals surface area contributed by atoms with Crippen LogP contribution in [-0.4, -0.2) is 19.1 Å². The first-order valence-corrected chi connectivity index (χ1v) is 10.8. The summed E-state index contributed by atoms with van der Waals surface area (Å²) in [6.07, 6.45) is -4.43. The van der Waals surface area contributed by atoms with Gasteiger partial charge in [0.1, 0.15) is 0 Å². The van der Waals surface area contributed by atoms with Gasteiger partial charge in [-0.25, -0.2) is 0 Å². The third-order valence-electron chi connectivity index (χ3n) is 5.22. The molecule has 0 saturated heterocycles. The fourth-order valence-corrected chi connectivity index (χ4v) is 3.73. The SMILES string of the molecule is CCOc1cc2c(cc1OCC)/C(=C(/Nc1ccc(C(F)(F)F)cc1)c1ccccc1)C(=O)N2. The third-order valence-corrected chi connectivity index (χ3v) is 5.22. The Morgan fingerprint density at radius 1 is 0.912 bits per heavy atom. The van der Waals surface area contributed by atoms with E-state index < -0.39 is 11.7 Å². The molecule has 3 aromatic rings. The molecule has 3 aromatic carbocycles. The predicted molar refractivity (Wildman–Crippen MR) is 126 cm³/mol. The largest absolute Gasteiger partial charge is 0.490 e. The van der Waals surface area contributed by atoms with Gasteiger partial charge in [0.25, 0.3) is 5.91 Å². The molecule has 0 atom stereocenters. The highest BCUT2D eigenvalue weighted by Gasteiger charge is 2.32. The number of amides is 1. The Bertz CT molecular complexity index is 1220. The van der Waals surface area contributed by atoms with Crippen LogP contribution < -0.4 is 20.1 Å². The molecule has 0 radical (unpaired) electrons. The summed E-state index contributed by atoms with van der Waals surface area (Å²) in [7, 11) is 0. The van der Waals surface area contributed by atoms with Crippen LogP contribution in [0.25, 0.3) is 11.3 Å². The fraction of sp³-hybridized carbons (Fsp3) is 0.192. The van der Waals surface area contributed by atoms with Crippen molar-refractivity contribution >= 4 is 28.6 Å². The number of benzene rings is 3. The minimum atomic E-state index is -4.43. The first kappa shape index (κ1) is 23.2. The van der Waals surface area contributed by atoms with Gasteiger partial charge in [0, 0.05) is 17.3 Å². The second-order valence-electron chi connectivity index (χ2n) is 7.48. The number of hydrogen-bond donors (Lipinski definition) is 2. The monoisotopic (exact) mass is 468 g/mol. The molecule has 0 bridgehead atoms. The van der Waals surface area contributed by atoms with Crippen LogP contribution in [0, 0.1) is 0 Å². The van der Waals surface area contributed by atoms with Gasteiger partial charge in [-0.15, -0.1) is 0 Å². The van der Waals surface area contributed by atoms with Gasteiger partial charge < -0.3 is 20.1 Å². The summed E-state index contributed by atoms with van der Waals surface area (Å²) in [5, 5.41) is 6.02. The Balaban J connectivity index is 1.85. The molecule has 5 nitrogen and oxygen atoms in total. The normalized spacial score (nSPS) is 14.3. The topological polar surface area (TPSA) is 59.6 Å². The number of fused-ring (bicyclic) bond motifs is 1. The zero-order chi connectivity index (χ0) is 24.3. The van der Waals surface area contributed by atoms with Gasteiger partial charge in [-0.1, -0.05) is 30.3 Å². The fourth-order valence-electron chi connectivity index (χ4n) is 3.73. The van der Waals surface area contributed by atoms with Crippen LogP contribution in [0.15, 0.2) is 66.7 Å². The van der Waals surface area contributed by atoms with E-state index in [0.29, 0.717) is 58.5 Å². The molecule has 8 heteroatoms. The quantitative estimate of drug-likeness (QED) is 0.392. The Morgan fingerprint density at radius 3 is 2.12 bits per heavy atom. The van der Waals surface area contributed by atoms with Crippen molar-refractivity contribution in [2.75, 3.05) is 23.8 Å². The molecule has 0 saturated carbocycles. The van der Waals surface area contributed by atoms with Crippen LogP contribution in [0.3, 0.4) is 0 Å². The van der Waals surface area contributed by atoms with E-state index in [4.69, 9.17) is 9.47 Å². The molecule has 0 spiro atoms. The number of rotatable bonds is 7. The number of carbonyl (C=O) groups is 1. The van der Waals surface area contributed by atoms with Gasteiger partial charge in [-0.3, -0.25) is 4.79 Å². The van der Waals surface area contributed by atoms with Crippen LogP contribution in [0.4, 0.5) is 24.5 Å². The Hall–Kier alpha value is -3.94. The molecule has 1 aliphatic rings. The lowest BCUT2D eigenvalue weighted by atomic mass is 9.99. The first-order chi connectivity index (χ1) is 16.3. The summed E-state index contributed by atoms with van der Waals surface area (Å²) in [5.41, 5.74) is 2.35. The van der Waals surface area contributed by atoms with Gasteiger partial charge in [0.05, 0.1) is 35.7 Å². The van der Waals surface area contributed by atoms with Crippen molar-refractivity contribution in [3.05, 3.63) is 83.4 Å². The molecule has 176 valence electrons. The summed E-state index contributed by atoms with van der Waals surface area (Å²) in [5.74, 6) is 0.671. The van der Waals surface area contributed by atoms with Crippen molar-refractivity contribution in [1.82, 2.24) is 0 Å². The van der Waals surface area contributed by atoms with Gasteiger partial charge >= 0.3 is 6.18 Å². The lowest BCUT2D eigenvalue weighted by Gasteiger charge is -2.16. The molecule has 0 aliphatic carbocycles. The third kappa shape index (κ3) is 4.71. The number of alkyl halides is 3. The van der Waals surface area contributed by atoms with Gasteiger partial charge in [-0.2, -0.15) is 13.2 Å². The zero-order valence-corrected chi connectivity index (χ0v) is 18.6. The van der Waals surface area contributed by atoms with Crippen LogP contribution in [0.5, 0.6) is 11.5 Å². The standard InChI is InChI=1S/C26H23F3N2O3/c1-3-33-21-14-19-20(15-22(21)34-4-2)31-25(32)23(19)24(16-8-6-5-7-9-16)30-18-12-10-17(11-13-18)26(27,28)29/h5-15,30H,3-4H2,1-2H3,(H,31,32)/b24-23-. The zero-order valence-electron chi connectivity index (χ0n) is 18.6. The summed E-state index contributed by atoms with van der Waals surface area (Å²) in [6.45, 7) is 4.55. The maximum absolute atomic E-state index is 13.1. The van der Waals surface area contributed by atoms with Crippen molar-refractivity contribution in [3.63, 3.8) is 0 Å². The second-order valence-corrected chi connectivity index (χ2v) is 7.48. The van der Waals surface area contributed by atoms with E-state index in [9.17, 15) is 18.0 Å². The lowest BCUT2D eigenvalue weighted by molar-refractivity contribution is -0.137. The molecule has 2 N–H and O–H groups in total. The van der Waals surface area contributed by atoms with E-state index in [-0.39, 0.29) is 5.91 Å². The molecule has 1 heterocycles. The Morgan fingerprint density at radius 2 is 1.53 bits per heavy atom. The Kier molecular flexibility index (Phi) is 6.49. The highest BCUT2D eigenvalue weighted by Crippen LogP contribution is 2.43. The van der Waals surface area contributed by atoms with E-state index in [1.165, 1.54) is 12.1 Å². The number of halogens is 3. The highest BCUT2D eigenvalue weighted by molar-refractivity contribution is 6.37. The average molecular weight is 468 g/mol. The van der Waals surface area contributed by atoms with Gasteiger partial charge in [0.2, 0.25) is 0 Å². The van der Waals surface area contributed by atoms with Crippen LogP contribution in [-0.2, 0) is 11.0 Å². The number of nitrogens with one attached hydrogen (secondary N) is 2. The van der Waals surface area contributed by atoms with Crippen LogP contribution >= 0.6 is 0 Å². The minimum Gasteiger partial charge on any atom is -0.490 e. The maximum Gasteiger partial charge on any atom is 0.416 e. The van der Waals surface area contributed by atoms with Crippen molar-refractivity contribution in [2.45, 2.75) is 20.0 Å². The van der Waals surface area contributed by atoms with E-state index in [1.807, 2.05) is 44.2 Å². The van der Waals surface area contributed by atoms with Gasteiger partial charge in [-0.05, 0) is 49.7 Å². The Labute approximate surface area is 195 Å². The van der Waals surface area contributed by atoms with E-state index in [1.54, 1.807) is 12.1 Å². The van der Waals surface area contributed by atoms with Gasteiger partial charge in [0.15, 0.2) is 11.5 Å². The molecule has 1 aliphatic heterocycles. The molecular weight excluding hydrogens is 445 g/mol.